The van der Waals surface area contributed by atoms with E-state index in [0.29, 0.717) is 12.1 Å². The molecule has 0 saturated heterocycles. The number of phosphoric ester groups is 1. The number of benzene rings is 1. The van der Waals surface area contributed by atoms with Gasteiger partial charge < -0.3 is 37.8 Å². The largest absolute Gasteiger partial charge is 1.00 e. The number of nitrogens with zero attached hydrogens (tertiary/aromatic N) is 3. The number of rotatable bonds is 7. The van der Waals surface area contributed by atoms with E-state index in [2.05, 4.69) is 24.9 Å². The van der Waals surface area contributed by atoms with E-state index >= 15 is 0 Å². The average molecular weight is 558 g/mol. The summed E-state index contributed by atoms with van der Waals surface area (Å²) in [4.78, 5) is 39.0. The Balaban J connectivity index is 0.00000228. The number of carbonyl (C=O) groups excluding carboxylic acids is 1. The molecule has 2 aromatic heterocycles. The van der Waals surface area contributed by atoms with Gasteiger partial charge in [0.05, 0.1) is 13.4 Å². The van der Waals surface area contributed by atoms with Crippen molar-refractivity contribution in [2.24, 2.45) is 0 Å². The molecule has 1 atom stereocenters. The second-order valence-corrected chi connectivity index (χ2v) is 10.2. The molecule has 0 radical (unpaired) electrons. The smallest absolute Gasteiger partial charge is 0.789 e. The number of phosphoric acid groups is 2. The predicted octanol–water partition coefficient (Wildman–Crippen LogP) is -3.69. The van der Waals surface area contributed by atoms with Crippen molar-refractivity contribution in [2.75, 3.05) is 6.54 Å². The van der Waals surface area contributed by atoms with Crippen molar-refractivity contribution >= 4 is 21.6 Å². The minimum absolute atomic E-state index is 0. The first-order chi connectivity index (χ1) is 15.9. The first kappa shape index (κ1) is 31.2. The Hall–Kier alpha value is -1.02. The van der Waals surface area contributed by atoms with Crippen LogP contribution in [-0.4, -0.2) is 27.7 Å². The zero-order chi connectivity index (χ0) is 24.8. The Bertz CT molecular complexity index is 1370. The maximum absolute atomic E-state index is 12.9. The summed E-state index contributed by atoms with van der Waals surface area (Å²) in [6.45, 7) is 7.13. The molecule has 1 aromatic carbocycles. The van der Waals surface area contributed by atoms with Crippen LogP contribution in [0.2, 0.25) is 0 Å². The molecule has 2 bridgehead atoms. The molecule has 1 aliphatic rings. The molecule has 182 valence electrons. The number of carbonyl (C=O) groups is 1. The van der Waals surface area contributed by atoms with Gasteiger partial charge in [-0.05, 0) is 24.5 Å². The number of hydrogen-bond donors (Lipinski definition) is 1. The van der Waals surface area contributed by atoms with Crippen LogP contribution in [0.5, 0.6) is 11.5 Å². The van der Waals surface area contributed by atoms with E-state index in [1.54, 1.807) is 33.8 Å². The molecule has 1 aliphatic heterocycles. The molecule has 4 rings (SSSR count). The van der Waals surface area contributed by atoms with Gasteiger partial charge in [-0.1, -0.05) is 24.2 Å². The van der Waals surface area contributed by atoms with Gasteiger partial charge in [-0.3, -0.25) is 4.79 Å². The Morgan fingerprint density at radius 2 is 1.83 bits per heavy atom. The first-order valence-electron chi connectivity index (χ1n) is 9.90. The van der Waals surface area contributed by atoms with Crippen molar-refractivity contribution in [2.45, 2.75) is 33.6 Å². The van der Waals surface area contributed by atoms with Crippen LogP contribution in [0.1, 0.15) is 48.6 Å². The molecule has 1 amide bonds. The van der Waals surface area contributed by atoms with Gasteiger partial charge in [-0.25, -0.2) is 8.88 Å². The van der Waals surface area contributed by atoms with Crippen molar-refractivity contribution in [1.82, 2.24) is 20.6 Å². The van der Waals surface area contributed by atoms with E-state index in [1.165, 1.54) is 6.07 Å². The molecule has 3 aromatic rings. The van der Waals surface area contributed by atoms with Crippen molar-refractivity contribution in [3.05, 3.63) is 29.3 Å². The zero-order valence-electron chi connectivity index (χ0n) is 20.3. The molecule has 1 unspecified atom stereocenters. The maximum atomic E-state index is 12.9. The topological polar surface area (TPSA) is 202 Å². The van der Waals surface area contributed by atoms with Gasteiger partial charge in [-0.2, -0.15) is 4.98 Å². The monoisotopic (exact) mass is 558 g/mol. The van der Waals surface area contributed by atoms with E-state index in [4.69, 9.17) is 18.1 Å². The van der Waals surface area contributed by atoms with Crippen molar-refractivity contribution in [3.63, 3.8) is 0 Å². The number of hydrogen-bond acceptors (Lipinski definition) is 13. The normalized spacial score (nSPS) is 16.4. The fourth-order valence-electron chi connectivity index (χ4n) is 3.26. The second kappa shape index (κ2) is 11.8. The van der Waals surface area contributed by atoms with Gasteiger partial charge in [0, 0.05) is 19.5 Å². The van der Waals surface area contributed by atoms with E-state index in [1.807, 2.05) is 0 Å². The summed E-state index contributed by atoms with van der Waals surface area (Å²) in [5.41, 5.74) is 0.441. The molecule has 0 saturated carbocycles. The molecule has 0 aliphatic carbocycles. The van der Waals surface area contributed by atoms with Crippen molar-refractivity contribution in [3.8, 4) is 34.2 Å². The fraction of sp³-hybridized carbons (Fsp3) is 0.333. The third-order valence-electron chi connectivity index (χ3n) is 4.59. The molecule has 1 N–H and O–H groups in total. The average Bonchev–Trinajstić information content (AvgIpc) is 3.32. The van der Waals surface area contributed by atoms with Crippen LogP contribution in [0.4, 0.5) is 0 Å². The summed E-state index contributed by atoms with van der Waals surface area (Å²) >= 11 is 0. The second-order valence-electron chi connectivity index (χ2n) is 7.43. The molecular formula is C18H18N4Na2O10P2. The van der Waals surface area contributed by atoms with Gasteiger partial charge in [0.25, 0.3) is 5.91 Å². The molecule has 18 heteroatoms. The van der Waals surface area contributed by atoms with Crippen LogP contribution in [0.15, 0.2) is 21.2 Å². The van der Waals surface area contributed by atoms with Crippen molar-refractivity contribution < 1.29 is 105 Å². The van der Waals surface area contributed by atoms with E-state index < -0.39 is 21.6 Å². The number of aromatic nitrogens is 3. The minimum Gasteiger partial charge on any atom is -0.789 e. The number of amides is 1. The first-order valence-corrected chi connectivity index (χ1v) is 12.8. The van der Waals surface area contributed by atoms with Crippen LogP contribution < -0.4 is 83.3 Å². The molecule has 3 heterocycles. The standard InChI is InChI=1S/C18H20N4O10P2.2Na/c1-5-19-18(23)15-14(17-20-9(4)28-22-17)16(29-21-15)11-6-10(8(2)3)12-7-13(11)31-34(27,30-12)32-33(24,25)26;;/h6-8H,5H2,1-4H3,(H,19,23)(H2,24,25,26);;/q;2*+1/p-2. The summed E-state index contributed by atoms with van der Waals surface area (Å²) in [7, 11) is -10.6. The molecule has 14 nitrogen and oxygen atoms in total. The molecular weight excluding hydrogens is 540 g/mol. The maximum Gasteiger partial charge on any atom is 1.00 e. The van der Waals surface area contributed by atoms with Gasteiger partial charge in [0.1, 0.15) is 17.1 Å². The fourth-order valence-corrected chi connectivity index (χ4v) is 5.33. The Labute approximate surface area is 249 Å². The summed E-state index contributed by atoms with van der Waals surface area (Å²) in [5.74, 6) is -0.921. The third kappa shape index (κ3) is 6.51. The van der Waals surface area contributed by atoms with E-state index in [0.717, 1.165) is 0 Å². The van der Waals surface area contributed by atoms with Crippen LogP contribution >= 0.6 is 15.6 Å². The third-order valence-corrected chi connectivity index (χ3v) is 7.04. The van der Waals surface area contributed by atoms with Gasteiger partial charge in [-0.15, -0.1) is 0 Å². The minimum atomic E-state index is -5.75. The summed E-state index contributed by atoms with van der Waals surface area (Å²) in [6.07, 6.45) is 0. The number of nitrogens with one attached hydrogen (secondary N) is 1. The van der Waals surface area contributed by atoms with Gasteiger partial charge in [0.15, 0.2) is 11.5 Å². The molecule has 0 fully saturated rings. The Morgan fingerprint density at radius 3 is 2.39 bits per heavy atom. The summed E-state index contributed by atoms with van der Waals surface area (Å²) in [5, 5.41) is 10.3. The number of aryl methyl sites for hydroxylation is 1. The van der Waals surface area contributed by atoms with E-state index in [9.17, 15) is 23.7 Å². The Kier molecular flexibility index (Phi) is 10.2. The molecule has 0 spiro atoms. The van der Waals surface area contributed by atoms with E-state index in [-0.39, 0.29) is 111 Å². The zero-order valence-corrected chi connectivity index (χ0v) is 26.0. The van der Waals surface area contributed by atoms with Crippen LogP contribution in [0, 0.1) is 6.92 Å². The predicted molar refractivity (Wildman–Crippen MR) is 110 cm³/mol. The quantitative estimate of drug-likeness (QED) is 0.220. The van der Waals surface area contributed by atoms with Crippen LogP contribution in [-0.2, 0) is 13.4 Å². The Morgan fingerprint density at radius 1 is 1.17 bits per heavy atom. The SMILES string of the molecule is CCNC(=O)c1noc(-c2cc(C(C)C)c3cc2OP(=O)(OP(=O)([O-])[O-])O3)c1-c1noc(C)n1.[Na+].[Na+]. The van der Waals surface area contributed by atoms with Crippen LogP contribution in [0.25, 0.3) is 22.7 Å². The molecule has 36 heavy (non-hydrogen) atoms. The van der Waals surface area contributed by atoms with Crippen LogP contribution in [0.3, 0.4) is 0 Å². The summed E-state index contributed by atoms with van der Waals surface area (Å²) in [6, 6.07) is 2.88. The number of fused-ring (bicyclic) bond motifs is 2. The summed E-state index contributed by atoms with van der Waals surface area (Å²) < 4.78 is 48.9. The van der Waals surface area contributed by atoms with Gasteiger partial charge in [0.2, 0.25) is 11.7 Å². The van der Waals surface area contributed by atoms with Crippen molar-refractivity contribution in [1.29, 1.82) is 0 Å². The van der Waals surface area contributed by atoms with Gasteiger partial charge >= 0.3 is 66.9 Å².